The van der Waals surface area contributed by atoms with Crippen molar-refractivity contribution >= 4 is 23.7 Å². The third-order valence-electron chi connectivity index (χ3n) is 16.7. The number of carboxylic acid groups (broad SMARTS) is 1. The van der Waals surface area contributed by atoms with Crippen LogP contribution in [0, 0.1) is 0 Å². The second-order valence-corrected chi connectivity index (χ2v) is 23.2. The Bertz CT molecular complexity index is 2400. The molecule has 24 N–H and O–H groups in total. The number of ether oxygens (including phenoxy) is 13. The van der Waals surface area contributed by atoms with Crippen LogP contribution in [0.15, 0.2) is 0 Å². The van der Waals surface area contributed by atoms with Gasteiger partial charge in [-0.15, -0.1) is 0 Å². The van der Waals surface area contributed by atoms with Crippen molar-refractivity contribution in [1.82, 2.24) is 16.0 Å². The molecule has 92 heavy (non-hydrogen) atoms. The number of carbonyl (C=O) groups is 4. The number of carboxylic acids is 1. The van der Waals surface area contributed by atoms with E-state index in [1.165, 1.54) is 6.92 Å². The normalized spacial score (nSPS) is 47.6. The lowest BCUT2D eigenvalue weighted by atomic mass is 9.88. The molecule has 41 nitrogen and oxygen atoms in total. The first-order valence-corrected chi connectivity index (χ1v) is 29.1. The molecule has 41 heteroatoms. The van der Waals surface area contributed by atoms with E-state index in [0.717, 1.165) is 20.8 Å². The Balaban J connectivity index is 1.21. The summed E-state index contributed by atoms with van der Waals surface area (Å²) in [5.74, 6) is -8.02. The van der Waals surface area contributed by atoms with Gasteiger partial charge in [-0.3, -0.25) is 14.4 Å². The largest absolute Gasteiger partial charge is 0.477 e. The van der Waals surface area contributed by atoms with E-state index in [9.17, 15) is 126 Å². The quantitative estimate of drug-likeness (QED) is 0.0427. The Morgan fingerprint density at radius 1 is 0.467 bits per heavy atom. The van der Waals surface area contributed by atoms with Gasteiger partial charge in [0.25, 0.3) is 5.79 Å². The summed E-state index contributed by atoms with van der Waals surface area (Å²) in [6.45, 7) is -2.45. The number of aliphatic carboxylic acids is 1. The third kappa shape index (κ3) is 16.4. The molecule has 36 atom stereocenters. The van der Waals surface area contributed by atoms with Crippen LogP contribution in [0.3, 0.4) is 0 Å². The van der Waals surface area contributed by atoms with Gasteiger partial charge in [-0.25, -0.2) is 4.79 Å². The Morgan fingerprint density at radius 3 is 1.51 bits per heavy atom. The van der Waals surface area contributed by atoms with Crippen LogP contribution in [-0.2, 0) is 80.8 Å². The smallest absolute Gasteiger partial charge is 0.364 e. The molecule has 7 aliphatic rings. The van der Waals surface area contributed by atoms with E-state index < -0.39 is 290 Å². The zero-order valence-corrected chi connectivity index (χ0v) is 49.5. The van der Waals surface area contributed by atoms with Crippen LogP contribution in [0.25, 0.3) is 0 Å². The molecule has 0 aromatic rings. The Labute approximate surface area is 520 Å². The van der Waals surface area contributed by atoms with E-state index in [2.05, 4.69) is 16.0 Å². The molecule has 0 radical (unpaired) electrons. The minimum Gasteiger partial charge on any atom is -0.477 e. The lowest BCUT2D eigenvalue weighted by Gasteiger charge is -2.52. The Kier molecular flexibility index (Phi) is 26.6. The summed E-state index contributed by atoms with van der Waals surface area (Å²) < 4.78 is 76.2. The second-order valence-electron chi connectivity index (χ2n) is 23.2. The van der Waals surface area contributed by atoms with Crippen molar-refractivity contribution in [3.8, 4) is 0 Å². The highest BCUT2D eigenvalue weighted by atomic mass is 16.8. The number of carbonyl (C=O) groups excluding carboxylic acids is 3. The summed E-state index contributed by atoms with van der Waals surface area (Å²) in [5.41, 5.74) is 0. The molecule has 7 rings (SSSR count). The maximum atomic E-state index is 13.3. The van der Waals surface area contributed by atoms with Gasteiger partial charge in [0.1, 0.15) is 159 Å². The monoisotopic (exact) mass is 1350 g/mol. The summed E-state index contributed by atoms with van der Waals surface area (Å²) in [7, 11) is 0. The molecule has 0 spiro atoms. The summed E-state index contributed by atoms with van der Waals surface area (Å²) in [6.07, 6.45) is -67.2. The van der Waals surface area contributed by atoms with Gasteiger partial charge in [0, 0.05) is 27.2 Å². The molecule has 0 bridgehead atoms. The highest BCUT2D eigenvalue weighted by molar-refractivity contribution is 5.77. The standard InChI is InChI=1S/C51H85N3O38/c1-12-26(65)32(71)35(74)46(81-12)89-41-25(54-15(4)62)45(85-21(10-59)39(41)88-48-37(76)42(30(69)19(8-57)83-48)92-51(50(78)79)5-16(63)23(52-13(2)60)40(91-51)27(66)17(64)6-55)90-43-34(73)28(67)18(7-56)84-49(43)80-11-22-29(68)33(72)36(75)47(86-22)87-38-20(9-58)82-44(77)24(31(38)70)53-14(3)61/h12,16-49,55-59,63-77H,5-11H2,1-4H3,(H,52,60)(H,53,61)(H,54,62)(H,78,79)/t12-,16-,17+,18+,19+,20+,21+,22+,23+,24+,25+,26+,27+,28+,29+,30-,31+,32+,33-,34-,35-,36-,37+,38+,39+,40+,41+,42-,43-,44?,45-,46-,47-,48-,49-,51-/m0/s1. The van der Waals surface area contributed by atoms with Gasteiger partial charge in [-0.1, -0.05) is 0 Å². The zero-order valence-electron chi connectivity index (χ0n) is 49.5. The van der Waals surface area contributed by atoms with Gasteiger partial charge >= 0.3 is 5.97 Å². The highest BCUT2D eigenvalue weighted by Gasteiger charge is 2.62. The molecule has 7 fully saturated rings. The van der Waals surface area contributed by atoms with Gasteiger partial charge in [0.05, 0.1) is 57.9 Å². The number of nitrogens with one attached hydrogen (secondary N) is 3. The molecule has 532 valence electrons. The van der Waals surface area contributed by atoms with Crippen molar-refractivity contribution in [1.29, 1.82) is 0 Å². The molecule has 1 unspecified atom stereocenters. The van der Waals surface area contributed by atoms with Gasteiger partial charge < -0.3 is 185 Å². The van der Waals surface area contributed by atoms with Gasteiger partial charge in [-0.2, -0.15) is 0 Å². The van der Waals surface area contributed by atoms with E-state index in [1.54, 1.807) is 0 Å². The molecule has 0 aromatic carbocycles. The number of hydrogen-bond donors (Lipinski definition) is 24. The first kappa shape index (κ1) is 75.9. The fourth-order valence-electron chi connectivity index (χ4n) is 11.7. The number of aliphatic hydroxyl groups excluding tert-OH is 20. The van der Waals surface area contributed by atoms with E-state index >= 15 is 0 Å². The average molecular weight is 1350 g/mol. The van der Waals surface area contributed by atoms with Crippen LogP contribution < -0.4 is 16.0 Å². The van der Waals surface area contributed by atoms with Crippen molar-refractivity contribution in [3.63, 3.8) is 0 Å². The van der Waals surface area contributed by atoms with Crippen LogP contribution in [0.5, 0.6) is 0 Å². The van der Waals surface area contributed by atoms with Crippen molar-refractivity contribution in [2.24, 2.45) is 0 Å². The van der Waals surface area contributed by atoms with Crippen molar-refractivity contribution < 1.29 is 188 Å². The van der Waals surface area contributed by atoms with Crippen LogP contribution in [0.2, 0.25) is 0 Å². The minimum absolute atomic E-state index is 0.747. The van der Waals surface area contributed by atoms with E-state index in [4.69, 9.17) is 61.6 Å². The lowest BCUT2D eigenvalue weighted by molar-refractivity contribution is -0.399. The Morgan fingerprint density at radius 2 is 0.935 bits per heavy atom. The SMILES string of the molecule is CC(=O)N[C@H]1[C@H](O[C@@H]2[C@@H](OC[C@H]3O[C@@H](O[C@H]4[C@H](O)[C@@H](NC(C)=O)C(O)O[C@@H]4CO)[C@@H](O)[C@@H](O)[C@@H]3O)O[C@H](CO)[C@@H](O)[C@@H]2O)O[C@H](CO)[C@@H](O[C@@H]2O[C@H](CO)[C@H](O)[C@H](O[C@]3(C(=O)O)C[C@H](O)[C@@H](NC(C)=O)[C@H]([C@H](O)[C@H](O)CO)O3)[C@H]2O)[C@@H]1O[C@@H]1O[C@@H](C)[C@@H](O)[C@@H](O)[C@@H]1O. The van der Waals surface area contributed by atoms with Crippen LogP contribution in [-0.4, -0.2) is 391 Å². The first-order valence-electron chi connectivity index (χ1n) is 29.1. The summed E-state index contributed by atoms with van der Waals surface area (Å²) in [4.78, 5) is 50.7. The summed E-state index contributed by atoms with van der Waals surface area (Å²) in [6, 6.07) is -5.32. The predicted molar refractivity (Wildman–Crippen MR) is 282 cm³/mol. The fourth-order valence-corrected chi connectivity index (χ4v) is 11.7. The number of aliphatic hydroxyl groups is 20. The van der Waals surface area contributed by atoms with Gasteiger partial charge in [0.15, 0.2) is 37.7 Å². The minimum atomic E-state index is -3.29. The van der Waals surface area contributed by atoms with Crippen molar-refractivity contribution in [3.05, 3.63) is 0 Å². The van der Waals surface area contributed by atoms with Crippen molar-refractivity contribution in [2.45, 2.75) is 254 Å². The lowest BCUT2D eigenvalue weighted by Crippen LogP contribution is -2.72. The predicted octanol–water partition coefficient (Wildman–Crippen LogP) is -15.6. The molecule has 7 aliphatic heterocycles. The second kappa shape index (κ2) is 32.3. The Hall–Kier alpha value is -3.44. The molecular weight excluding hydrogens is 1260 g/mol. The van der Waals surface area contributed by atoms with Crippen molar-refractivity contribution in [2.75, 3.05) is 39.6 Å². The summed E-state index contributed by atoms with van der Waals surface area (Å²) in [5, 5.41) is 236. The molecule has 0 aromatic heterocycles. The van der Waals surface area contributed by atoms with Crippen LogP contribution in [0.1, 0.15) is 34.1 Å². The molecule has 7 heterocycles. The van der Waals surface area contributed by atoms with E-state index in [-0.39, 0.29) is 0 Å². The van der Waals surface area contributed by atoms with Crippen LogP contribution in [0.4, 0.5) is 0 Å². The molecule has 7 saturated heterocycles. The molecular formula is C51H85N3O38. The van der Waals surface area contributed by atoms with E-state index in [0.29, 0.717) is 0 Å². The molecule has 3 amide bonds. The maximum absolute atomic E-state index is 13.3. The number of amides is 3. The molecule has 0 saturated carbocycles. The van der Waals surface area contributed by atoms with E-state index in [1.807, 2.05) is 0 Å². The zero-order chi connectivity index (χ0) is 68.3. The number of rotatable bonds is 24. The van der Waals surface area contributed by atoms with Crippen LogP contribution >= 0.6 is 0 Å². The molecule has 0 aliphatic carbocycles. The first-order chi connectivity index (χ1) is 43.3. The fraction of sp³-hybridized carbons (Fsp3) is 0.922. The average Bonchev–Trinajstić information content (AvgIpc) is 0.767. The number of hydrogen-bond acceptors (Lipinski definition) is 37. The topological polar surface area (TPSA) is 649 Å². The highest BCUT2D eigenvalue weighted by Crippen LogP contribution is 2.41. The third-order valence-corrected chi connectivity index (χ3v) is 16.7. The summed E-state index contributed by atoms with van der Waals surface area (Å²) >= 11 is 0. The van der Waals surface area contributed by atoms with Gasteiger partial charge in [-0.05, 0) is 6.92 Å². The van der Waals surface area contributed by atoms with Gasteiger partial charge in [0.2, 0.25) is 17.7 Å². The maximum Gasteiger partial charge on any atom is 0.364 e.